The SMILES string of the molecule is CCCCCOC=O.Nc1ccccc1. The first-order valence-corrected chi connectivity index (χ1v) is 5.17. The molecule has 0 amide bonds. The van der Waals surface area contributed by atoms with Crippen molar-refractivity contribution in [3.8, 4) is 0 Å². The summed E-state index contributed by atoms with van der Waals surface area (Å²) in [6.45, 7) is 3.19. The summed E-state index contributed by atoms with van der Waals surface area (Å²) in [7, 11) is 0. The van der Waals surface area contributed by atoms with Gasteiger partial charge in [-0.25, -0.2) is 0 Å². The lowest BCUT2D eigenvalue weighted by molar-refractivity contribution is -0.128. The Hall–Kier alpha value is -1.51. The first-order valence-electron chi connectivity index (χ1n) is 5.17. The predicted molar refractivity (Wildman–Crippen MR) is 62.4 cm³/mol. The van der Waals surface area contributed by atoms with Crippen molar-refractivity contribution in [2.75, 3.05) is 12.3 Å². The van der Waals surface area contributed by atoms with Crippen LogP contribution in [0, 0.1) is 0 Å². The Labute approximate surface area is 91.2 Å². The van der Waals surface area contributed by atoms with E-state index in [0.29, 0.717) is 13.1 Å². The molecule has 0 spiro atoms. The Bertz CT molecular complexity index is 237. The molecule has 84 valence electrons. The van der Waals surface area contributed by atoms with Crippen LogP contribution in [0.4, 0.5) is 5.69 Å². The molecular formula is C12H19NO2. The van der Waals surface area contributed by atoms with Gasteiger partial charge >= 0.3 is 0 Å². The Balaban J connectivity index is 0.000000262. The molecule has 1 aromatic rings. The van der Waals surface area contributed by atoms with Gasteiger partial charge in [0, 0.05) is 5.69 Å². The summed E-state index contributed by atoms with van der Waals surface area (Å²) in [5.41, 5.74) is 6.18. The summed E-state index contributed by atoms with van der Waals surface area (Å²) in [6, 6.07) is 9.49. The van der Waals surface area contributed by atoms with Gasteiger partial charge in [-0.05, 0) is 18.6 Å². The standard InChI is InChI=1S/C6H7N.C6H12O2/c7-6-4-2-1-3-5-6;1-2-3-4-5-8-6-7/h1-5H,7H2;6H,2-5H2,1H3. The zero-order valence-electron chi connectivity index (χ0n) is 9.19. The molecule has 0 fully saturated rings. The lowest BCUT2D eigenvalue weighted by Gasteiger charge is -1.93. The van der Waals surface area contributed by atoms with Crippen LogP contribution in [0.1, 0.15) is 26.2 Å². The van der Waals surface area contributed by atoms with Crippen molar-refractivity contribution in [2.45, 2.75) is 26.2 Å². The van der Waals surface area contributed by atoms with Crippen LogP contribution in [0.15, 0.2) is 30.3 Å². The number of rotatable bonds is 5. The zero-order valence-corrected chi connectivity index (χ0v) is 9.19. The third kappa shape index (κ3) is 10.4. The molecule has 0 radical (unpaired) electrons. The van der Waals surface area contributed by atoms with Crippen molar-refractivity contribution in [2.24, 2.45) is 0 Å². The van der Waals surface area contributed by atoms with Crippen molar-refractivity contribution in [1.29, 1.82) is 0 Å². The Morgan fingerprint density at radius 1 is 1.27 bits per heavy atom. The van der Waals surface area contributed by atoms with E-state index in [9.17, 15) is 4.79 Å². The molecule has 1 aromatic carbocycles. The molecule has 0 aliphatic carbocycles. The molecular weight excluding hydrogens is 190 g/mol. The van der Waals surface area contributed by atoms with Gasteiger partial charge in [-0.3, -0.25) is 4.79 Å². The maximum Gasteiger partial charge on any atom is 0.293 e. The van der Waals surface area contributed by atoms with Crippen molar-refractivity contribution in [1.82, 2.24) is 0 Å². The molecule has 3 heteroatoms. The largest absolute Gasteiger partial charge is 0.468 e. The molecule has 0 bridgehead atoms. The minimum absolute atomic E-state index is 0.496. The molecule has 0 atom stereocenters. The summed E-state index contributed by atoms with van der Waals surface area (Å²) in [5, 5.41) is 0. The molecule has 0 unspecified atom stereocenters. The van der Waals surface area contributed by atoms with E-state index in [4.69, 9.17) is 5.73 Å². The molecule has 0 saturated heterocycles. The maximum absolute atomic E-state index is 9.55. The molecule has 0 aromatic heterocycles. The van der Waals surface area contributed by atoms with Crippen LogP contribution < -0.4 is 5.73 Å². The summed E-state index contributed by atoms with van der Waals surface area (Å²) >= 11 is 0. The number of benzene rings is 1. The summed E-state index contributed by atoms with van der Waals surface area (Å²) in [5.74, 6) is 0. The number of unbranched alkanes of at least 4 members (excludes halogenated alkanes) is 2. The van der Waals surface area contributed by atoms with Crippen LogP contribution >= 0.6 is 0 Å². The fourth-order valence-electron chi connectivity index (χ4n) is 0.937. The lowest BCUT2D eigenvalue weighted by Crippen LogP contribution is -1.89. The number of para-hydroxylation sites is 1. The maximum atomic E-state index is 9.55. The minimum Gasteiger partial charge on any atom is -0.468 e. The van der Waals surface area contributed by atoms with E-state index in [0.717, 1.165) is 18.5 Å². The van der Waals surface area contributed by atoms with E-state index in [2.05, 4.69) is 11.7 Å². The van der Waals surface area contributed by atoms with Gasteiger partial charge in [0.2, 0.25) is 0 Å². The summed E-state index contributed by atoms with van der Waals surface area (Å²) in [4.78, 5) is 9.55. The topological polar surface area (TPSA) is 52.3 Å². The van der Waals surface area contributed by atoms with Crippen molar-refractivity contribution < 1.29 is 9.53 Å². The normalized spacial score (nSPS) is 8.60. The fraction of sp³-hybridized carbons (Fsp3) is 0.417. The molecule has 1 rings (SSSR count). The Morgan fingerprint density at radius 2 is 1.93 bits per heavy atom. The van der Waals surface area contributed by atoms with Crippen molar-refractivity contribution in [3.63, 3.8) is 0 Å². The van der Waals surface area contributed by atoms with E-state index >= 15 is 0 Å². The second kappa shape index (κ2) is 10.6. The predicted octanol–water partition coefficient (Wildman–Crippen LogP) is 2.62. The molecule has 0 aliphatic rings. The molecule has 3 nitrogen and oxygen atoms in total. The highest BCUT2D eigenvalue weighted by Gasteiger charge is 1.82. The van der Waals surface area contributed by atoms with E-state index < -0.39 is 0 Å². The zero-order chi connectivity index (χ0) is 11.4. The highest BCUT2D eigenvalue weighted by molar-refractivity contribution is 5.36. The first kappa shape index (κ1) is 13.5. The van der Waals surface area contributed by atoms with Crippen LogP contribution in [0.2, 0.25) is 0 Å². The fourth-order valence-corrected chi connectivity index (χ4v) is 0.937. The Kier molecular flexibility index (Phi) is 9.51. The minimum atomic E-state index is 0.496. The number of nitrogen functional groups attached to an aromatic ring is 1. The summed E-state index contributed by atoms with van der Waals surface area (Å²) < 4.78 is 4.46. The van der Waals surface area contributed by atoms with Gasteiger partial charge in [0.05, 0.1) is 6.61 Å². The van der Waals surface area contributed by atoms with Crippen LogP contribution in [0.3, 0.4) is 0 Å². The van der Waals surface area contributed by atoms with Crippen LogP contribution in [0.5, 0.6) is 0 Å². The Morgan fingerprint density at radius 3 is 2.33 bits per heavy atom. The molecule has 2 N–H and O–H groups in total. The quantitative estimate of drug-likeness (QED) is 0.460. The van der Waals surface area contributed by atoms with E-state index in [1.165, 1.54) is 6.42 Å². The van der Waals surface area contributed by atoms with Crippen molar-refractivity contribution in [3.05, 3.63) is 30.3 Å². The second-order valence-corrected chi connectivity index (χ2v) is 3.08. The smallest absolute Gasteiger partial charge is 0.293 e. The van der Waals surface area contributed by atoms with Gasteiger partial charge in [-0.1, -0.05) is 38.0 Å². The van der Waals surface area contributed by atoms with Crippen LogP contribution in [-0.2, 0) is 9.53 Å². The average Bonchev–Trinajstić information content (AvgIpc) is 2.27. The third-order valence-corrected chi connectivity index (χ3v) is 1.73. The van der Waals surface area contributed by atoms with Gasteiger partial charge in [-0.15, -0.1) is 0 Å². The second-order valence-electron chi connectivity index (χ2n) is 3.08. The van der Waals surface area contributed by atoms with E-state index in [1.54, 1.807) is 0 Å². The lowest BCUT2D eigenvalue weighted by atomic mass is 10.3. The van der Waals surface area contributed by atoms with Gasteiger partial charge in [0.1, 0.15) is 0 Å². The van der Waals surface area contributed by atoms with E-state index in [1.807, 2.05) is 30.3 Å². The highest BCUT2D eigenvalue weighted by Crippen LogP contribution is 1.95. The van der Waals surface area contributed by atoms with Crippen LogP contribution in [0.25, 0.3) is 0 Å². The monoisotopic (exact) mass is 209 g/mol. The van der Waals surface area contributed by atoms with Gasteiger partial charge in [0.15, 0.2) is 0 Å². The molecule has 0 heterocycles. The van der Waals surface area contributed by atoms with Gasteiger partial charge in [0.25, 0.3) is 6.47 Å². The number of anilines is 1. The first-order chi connectivity index (χ1) is 7.31. The third-order valence-electron chi connectivity index (χ3n) is 1.73. The molecule has 0 saturated carbocycles. The van der Waals surface area contributed by atoms with E-state index in [-0.39, 0.29) is 0 Å². The van der Waals surface area contributed by atoms with Gasteiger partial charge in [-0.2, -0.15) is 0 Å². The number of ether oxygens (including phenoxy) is 1. The number of hydrogen-bond donors (Lipinski definition) is 1. The number of nitrogens with two attached hydrogens (primary N) is 1. The molecule has 0 aliphatic heterocycles. The number of carbonyl (C=O) groups is 1. The van der Waals surface area contributed by atoms with Crippen molar-refractivity contribution >= 4 is 12.2 Å². The summed E-state index contributed by atoms with van der Waals surface area (Å²) in [6.07, 6.45) is 3.31. The average molecular weight is 209 g/mol. The number of carbonyl (C=O) groups excluding carboxylic acids is 1. The van der Waals surface area contributed by atoms with Crippen LogP contribution in [-0.4, -0.2) is 13.1 Å². The van der Waals surface area contributed by atoms with Gasteiger partial charge < -0.3 is 10.5 Å². The molecule has 15 heavy (non-hydrogen) atoms. The highest BCUT2D eigenvalue weighted by atomic mass is 16.5. The number of hydrogen-bond acceptors (Lipinski definition) is 3.